The summed E-state index contributed by atoms with van der Waals surface area (Å²) in [7, 11) is 3.16. The highest BCUT2D eigenvalue weighted by molar-refractivity contribution is 7.09. The summed E-state index contributed by atoms with van der Waals surface area (Å²) in [6.07, 6.45) is -0.505. The number of nitrogens with zero attached hydrogens (tertiary/aromatic N) is 2. The quantitative estimate of drug-likeness (QED) is 0.267. The van der Waals surface area contributed by atoms with E-state index in [1.165, 1.54) is 18.4 Å². The third-order valence-corrected chi connectivity index (χ3v) is 7.20. The van der Waals surface area contributed by atoms with Gasteiger partial charge in [-0.2, -0.15) is 0 Å². The monoisotopic (exact) mass is 555 g/mol. The van der Waals surface area contributed by atoms with Crippen molar-refractivity contribution in [1.29, 1.82) is 0 Å². The number of hydrogen-bond acceptors (Lipinski definition) is 9. The Balaban J connectivity index is 3.26. The van der Waals surface area contributed by atoms with Crippen molar-refractivity contribution in [3.05, 3.63) is 16.1 Å². The summed E-state index contributed by atoms with van der Waals surface area (Å²) < 4.78 is 16.2. The van der Waals surface area contributed by atoms with Crippen molar-refractivity contribution >= 4 is 35.3 Å². The number of thiazole rings is 1. The molecule has 216 valence electrons. The van der Waals surface area contributed by atoms with Gasteiger partial charge in [0.05, 0.1) is 18.9 Å². The zero-order valence-corrected chi connectivity index (χ0v) is 25.3. The molecule has 0 fully saturated rings. The highest BCUT2D eigenvalue weighted by Gasteiger charge is 2.36. The number of nitrogens with one attached hydrogen (secondary N) is 1. The summed E-state index contributed by atoms with van der Waals surface area (Å²) in [5.74, 6) is -1.76. The number of aromatic nitrogens is 1. The van der Waals surface area contributed by atoms with Crippen molar-refractivity contribution < 1.29 is 33.4 Å². The molecule has 0 aliphatic carbocycles. The normalized spacial score (nSPS) is 14.7. The van der Waals surface area contributed by atoms with Gasteiger partial charge in [-0.3, -0.25) is 9.59 Å². The van der Waals surface area contributed by atoms with Crippen LogP contribution in [-0.4, -0.2) is 66.2 Å². The van der Waals surface area contributed by atoms with E-state index in [2.05, 4.69) is 10.3 Å². The first-order valence-electron chi connectivity index (χ1n) is 13.1. The first-order chi connectivity index (χ1) is 17.6. The minimum Gasteiger partial charge on any atom is -0.461 e. The van der Waals surface area contributed by atoms with Crippen molar-refractivity contribution in [3.8, 4) is 0 Å². The fourth-order valence-electron chi connectivity index (χ4n) is 4.02. The van der Waals surface area contributed by atoms with Gasteiger partial charge >= 0.3 is 18.0 Å². The Hall–Kier alpha value is -2.69. The van der Waals surface area contributed by atoms with E-state index < -0.39 is 35.7 Å². The van der Waals surface area contributed by atoms with Crippen LogP contribution in [-0.2, 0) is 23.8 Å². The fraction of sp³-hybridized carbons (Fsp3) is 0.741. The summed E-state index contributed by atoms with van der Waals surface area (Å²) >= 11 is 1.19. The van der Waals surface area contributed by atoms with E-state index in [1.54, 1.807) is 45.0 Å². The largest absolute Gasteiger partial charge is 0.461 e. The molecular formula is C27H45N3O7S. The van der Waals surface area contributed by atoms with Crippen LogP contribution in [0.25, 0.3) is 0 Å². The maximum Gasteiger partial charge on any atom is 0.407 e. The van der Waals surface area contributed by atoms with Gasteiger partial charge in [-0.25, -0.2) is 14.6 Å². The Morgan fingerprint density at radius 3 is 2.26 bits per heavy atom. The van der Waals surface area contributed by atoms with Crippen molar-refractivity contribution in [2.45, 2.75) is 92.4 Å². The topological polar surface area (TPSA) is 124 Å². The van der Waals surface area contributed by atoms with Gasteiger partial charge in [-0.1, -0.05) is 34.1 Å². The van der Waals surface area contributed by atoms with Crippen molar-refractivity contribution in [2.24, 2.45) is 17.8 Å². The molecule has 0 saturated carbocycles. The molecule has 0 aromatic carbocycles. The molecule has 1 aromatic heterocycles. The molecule has 2 amide bonds. The van der Waals surface area contributed by atoms with Gasteiger partial charge in [-0.05, 0) is 39.5 Å². The van der Waals surface area contributed by atoms with Crippen LogP contribution in [0, 0.1) is 17.8 Å². The average Bonchev–Trinajstić information content (AvgIpc) is 3.32. The SMILES string of the molecule is CCOC(=O)c1csc([C@@H](C[C@H](C(C)C)N(C)C(=O)[C@@H](CC(=O)OC(C)(C)C)[C@@H](C)CC)OC(=O)NC)n1. The lowest BCUT2D eigenvalue weighted by Crippen LogP contribution is -2.46. The summed E-state index contributed by atoms with van der Waals surface area (Å²) in [4.78, 5) is 56.7. The van der Waals surface area contributed by atoms with Gasteiger partial charge in [0.15, 0.2) is 11.8 Å². The Bertz CT molecular complexity index is 941. The Morgan fingerprint density at radius 2 is 1.76 bits per heavy atom. The average molecular weight is 556 g/mol. The smallest absolute Gasteiger partial charge is 0.407 e. The van der Waals surface area contributed by atoms with Gasteiger partial charge in [0.2, 0.25) is 5.91 Å². The molecule has 38 heavy (non-hydrogen) atoms. The minimum absolute atomic E-state index is 0.0108. The molecule has 0 aliphatic rings. The van der Waals surface area contributed by atoms with Crippen LogP contribution in [0.15, 0.2) is 5.38 Å². The van der Waals surface area contributed by atoms with Gasteiger partial charge in [0.25, 0.3) is 0 Å². The lowest BCUT2D eigenvalue weighted by atomic mass is 9.86. The molecule has 1 aromatic rings. The number of ether oxygens (including phenoxy) is 3. The molecule has 11 heteroatoms. The Labute approximate surface area is 230 Å². The summed E-state index contributed by atoms with van der Waals surface area (Å²) in [5.41, 5.74) is -0.510. The van der Waals surface area contributed by atoms with Gasteiger partial charge in [0.1, 0.15) is 10.6 Å². The maximum atomic E-state index is 13.8. The molecule has 0 radical (unpaired) electrons. The fourth-order valence-corrected chi connectivity index (χ4v) is 4.85. The van der Waals surface area contributed by atoms with E-state index in [-0.39, 0.29) is 48.9 Å². The van der Waals surface area contributed by atoms with E-state index in [9.17, 15) is 19.2 Å². The maximum absolute atomic E-state index is 13.8. The van der Waals surface area contributed by atoms with Crippen LogP contribution in [0.3, 0.4) is 0 Å². The number of carbonyl (C=O) groups is 4. The second kappa shape index (κ2) is 15.0. The standard InChI is InChI=1S/C27H45N3O7S/c1-11-17(5)18(13-22(31)37-27(6,7)8)24(32)30(10)20(16(3)4)14-21(36-26(34)28-9)23-29-19(15-38-23)25(33)35-12-2/h15-18,20-21H,11-14H2,1-10H3,(H,28,34)/t17-,18-,20+,21+/m0/s1. The Morgan fingerprint density at radius 1 is 1.13 bits per heavy atom. The molecule has 10 nitrogen and oxygen atoms in total. The third-order valence-electron chi connectivity index (χ3n) is 6.26. The molecule has 1 rings (SSSR count). The molecule has 1 N–H and O–H groups in total. The van der Waals surface area contributed by atoms with Crippen molar-refractivity contribution in [2.75, 3.05) is 20.7 Å². The molecule has 4 atom stereocenters. The molecular weight excluding hydrogens is 510 g/mol. The van der Waals surface area contributed by atoms with Crippen LogP contribution in [0.2, 0.25) is 0 Å². The van der Waals surface area contributed by atoms with Gasteiger partial charge < -0.3 is 24.4 Å². The zero-order chi connectivity index (χ0) is 29.2. The van der Waals surface area contributed by atoms with Gasteiger partial charge in [0, 0.05) is 31.9 Å². The van der Waals surface area contributed by atoms with E-state index in [4.69, 9.17) is 14.2 Å². The number of esters is 2. The predicted octanol–water partition coefficient (Wildman–Crippen LogP) is 4.98. The van der Waals surface area contributed by atoms with Crippen LogP contribution in [0.5, 0.6) is 0 Å². The minimum atomic E-state index is -0.807. The molecule has 0 saturated heterocycles. The lowest BCUT2D eigenvalue weighted by molar-refractivity contribution is -0.159. The first kappa shape index (κ1) is 33.3. The van der Waals surface area contributed by atoms with Crippen molar-refractivity contribution in [3.63, 3.8) is 0 Å². The number of amides is 2. The summed E-state index contributed by atoms with van der Waals surface area (Å²) in [6.45, 7) is 15.2. The van der Waals surface area contributed by atoms with E-state index in [0.29, 0.717) is 5.01 Å². The summed E-state index contributed by atoms with van der Waals surface area (Å²) in [5, 5.41) is 4.43. The highest BCUT2D eigenvalue weighted by atomic mass is 32.1. The number of rotatable bonds is 13. The number of hydrogen-bond donors (Lipinski definition) is 1. The van der Waals surface area contributed by atoms with E-state index >= 15 is 0 Å². The molecule has 0 unspecified atom stereocenters. The molecule has 0 spiro atoms. The second-order valence-electron chi connectivity index (χ2n) is 10.7. The van der Waals surface area contributed by atoms with E-state index in [1.807, 2.05) is 27.7 Å². The summed E-state index contributed by atoms with van der Waals surface area (Å²) in [6, 6.07) is -0.350. The molecule has 1 heterocycles. The predicted molar refractivity (Wildman–Crippen MR) is 146 cm³/mol. The molecule has 0 bridgehead atoms. The van der Waals surface area contributed by atoms with Crippen LogP contribution < -0.4 is 5.32 Å². The van der Waals surface area contributed by atoms with Gasteiger partial charge in [-0.15, -0.1) is 11.3 Å². The number of alkyl carbamates (subject to hydrolysis) is 1. The highest BCUT2D eigenvalue weighted by Crippen LogP contribution is 2.32. The number of carbonyl (C=O) groups excluding carboxylic acids is 4. The molecule has 0 aliphatic heterocycles. The zero-order valence-electron chi connectivity index (χ0n) is 24.5. The van der Waals surface area contributed by atoms with Crippen LogP contribution >= 0.6 is 11.3 Å². The van der Waals surface area contributed by atoms with Crippen molar-refractivity contribution in [1.82, 2.24) is 15.2 Å². The van der Waals surface area contributed by atoms with Crippen LogP contribution in [0.4, 0.5) is 4.79 Å². The second-order valence-corrected chi connectivity index (χ2v) is 11.6. The van der Waals surface area contributed by atoms with Crippen LogP contribution in [0.1, 0.15) is 96.3 Å². The lowest BCUT2D eigenvalue weighted by Gasteiger charge is -2.36. The third kappa shape index (κ3) is 10.2. The van der Waals surface area contributed by atoms with E-state index in [0.717, 1.165) is 6.42 Å². The first-order valence-corrected chi connectivity index (χ1v) is 14.0. The Kier molecular flexibility index (Phi) is 13.2.